The number of fused-ring (bicyclic) bond motifs is 1. The van der Waals surface area contributed by atoms with Gasteiger partial charge in [-0.1, -0.05) is 6.07 Å². The van der Waals surface area contributed by atoms with Crippen LogP contribution in [0.25, 0.3) is 11.0 Å². The van der Waals surface area contributed by atoms with E-state index in [1.807, 2.05) is 6.92 Å². The standard InChI is InChI=1S/C12H14FN3OS/c1-3-15(2)10(17)7-16-9-6-4-5-8(13)11(9)14-12(16)18/h4-6H,3,7H2,1-2H3,(H,14,18). The van der Waals surface area contributed by atoms with Gasteiger partial charge in [-0.25, -0.2) is 4.39 Å². The topological polar surface area (TPSA) is 41.0 Å². The Labute approximate surface area is 109 Å². The lowest BCUT2D eigenvalue weighted by molar-refractivity contribution is -0.130. The van der Waals surface area contributed by atoms with Crippen LogP contribution in [0.1, 0.15) is 6.92 Å². The summed E-state index contributed by atoms with van der Waals surface area (Å²) in [7, 11) is 1.72. The molecular weight excluding hydrogens is 253 g/mol. The van der Waals surface area contributed by atoms with Gasteiger partial charge in [-0.2, -0.15) is 0 Å². The van der Waals surface area contributed by atoms with Crippen molar-refractivity contribution >= 4 is 29.2 Å². The highest BCUT2D eigenvalue weighted by Gasteiger charge is 2.13. The third-order valence-corrected chi connectivity index (χ3v) is 3.28. The highest BCUT2D eigenvalue weighted by molar-refractivity contribution is 7.71. The number of carbonyl (C=O) groups excluding carboxylic acids is 1. The van der Waals surface area contributed by atoms with Crippen molar-refractivity contribution in [1.29, 1.82) is 0 Å². The lowest BCUT2D eigenvalue weighted by atomic mass is 10.3. The smallest absolute Gasteiger partial charge is 0.242 e. The average Bonchev–Trinajstić information content (AvgIpc) is 2.67. The Kier molecular flexibility index (Phi) is 3.47. The van der Waals surface area contributed by atoms with Gasteiger partial charge in [-0.15, -0.1) is 0 Å². The van der Waals surface area contributed by atoms with Crippen LogP contribution in [0.15, 0.2) is 18.2 Å². The van der Waals surface area contributed by atoms with E-state index < -0.39 is 0 Å². The fourth-order valence-electron chi connectivity index (χ4n) is 1.73. The van der Waals surface area contributed by atoms with Crippen molar-refractivity contribution < 1.29 is 9.18 Å². The predicted octanol–water partition coefficient (Wildman–Crippen LogP) is 2.32. The summed E-state index contributed by atoms with van der Waals surface area (Å²) < 4.78 is 15.5. The molecule has 0 aliphatic carbocycles. The Balaban J connectivity index is 2.46. The number of nitrogens with one attached hydrogen (secondary N) is 1. The van der Waals surface area contributed by atoms with Crippen LogP contribution in [-0.4, -0.2) is 34.0 Å². The first-order chi connectivity index (χ1) is 8.54. The molecule has 2 rings (SSSR count). The summed E-state index contributed by atoms with van der Waals surface area (Å²) in [6.45, 7) is 2.64. The van der Waals surface area contributed by atoms with E-state index in [1.165, 1.54) is 6.07 Å². The van der Waals surface area contributed by atoms with Gasteiger partial charge < -0.3 is 14.5 Å². The number of para-hydroxylation sites is 1. The summed E-state index contributed by atoms with van der Waals surface area (Å²) in [5.74, 6) is -0.424. The minimum atomic E-state index is -0.367. The fraction of sp³-hybridized carbons (Fsp3) is 0.333. The van der Waals surface area contributed by atoms with Crippen LogP contribution in [0.2, 0.25) is 0 Å². The largest absolute Gasteiger partial charge is 0.344 e. The molecule has 1 aromatic carbocycles. The molecule has 0 aliphatic heterocycles. The first-order valence-corrected chi connectivity index (χ1v) is 6.06. The number of aromatic amines is 1. The molecule has 96 valence electrons. The number of amides is 1. The number of hydrogen-bond acceptors (Lipinski definition) is 2. The number of carbonyl (C=O) groups is 1. The van der Waals surface area contributed by atoms with Crippen LogP contribution in [0.3, 0.4) is 0 Å². The van der Waals surface area contributed by atoms with Crippen molar-refractivity contribution in [2.24, 2.45) is 0 Å². The molecule has 0 radical (unpaired) electrons. The van der Waals surface area contributed by atoms with E-state index in [9.17, 15) is 9.18 Å². The molecule has 1 heterocycles. The molecule has 4 nitrogen and oxygen atoms in total. The lowest BCUT2D eigenvalue weighted by Crippen LogP contribution is -2.29. The summed E-state index contributed by atoms with van der Waals surface area (Å²) in [6, 6.07) is 4.70. The van der Waals surface area contributed by atoms with Crippen LogP contribution in [0.4, 0.5) is 4.39 Å². The van der Waals surface area contributed by atoms with Gasteiger partial charge in [-0.3, -0.25) is 4.79 Å². The van der Waals surface area contributed by atoms with Gasteiger partial charge in [0.15, 0.2) is 4.77 Å². The van der Waals surface area contributed by atoms with Gasteiger partial charge in [0.2, 0.25) is 5.91 Å². The Bertz CT molecular complexity index is 646. The highest BCUT2D eigenvalue weighted by atomic mass is 32.1. The van der Waals surface area contributed by atoms with E-state index in [0.29, 0.717) is 22.3 Å². The predicted molar refractivity (Wildman–Crippen MR) is 70.4 cm³/mol. The number of halogens is 1. The van der Waals surface area contributed by atoms with E-state index in [4.69, 9.17) is 12.2 Å². The Morgan fingerprint density at radius 1 is 1.56 bits per heavy atom. The zero-order chi connectivity index (χ0) is 13.3. The number of imidazole rings is 1. The molecule has 1 aromatic heterocycles. The zero-order valence-corrected chi connectivity index (χ0v) is 11.1. The van der Waals surface area contributed by atoms with Crippen molar-refractivity contribution in [2.45, 2.75) is 13.5 Å². The van der Waals surface area contributed by atoms with Gasteiger partial charge >= 0.3 is 0 Å². The van der Waals surface area contributed by atoms with Crippen LogP contribution in [0.5, 0.6) is 0 Å². The molecular formula is C12H14FN3OS. The Hall–Kier alpha value is -1.69. The zero-order valence-electron chi connectivity index (χ0n) is 10.2. The Morgan fingerprint density at radius 3 is 2.94 bits per heavy atom. The molecule has 1 N–H and O–H groups in total. The van der Waals surface area contributed by atoms with Crippen molar-refractivity contribution in [3.05, 3.63) is 28.8 Å². The van der Waals surface area contributed by atoms with Crippen LogP contribution < -0.4 is 0 Å². The van der Waals surface area contributed by atoms with Gasteiger partial charge in [0.25, 0.3) is 0 Å². The number of hydrogen-bond donors (Lipinski definition) is 1. The van der Waals surface area contributed by atoms with E-state index in [1.54, 1.807) is 28.6 Å². The SMILES string of the molecule is CCN(C)C(=O)Cn1c(=S)[nH]c2c(F)cccc21. The highest BCUT2D eigenvalue weighted by Crippen LogP contribution is 2.17. The molecule has 0 saturated heterocycles. The first kappa shape index (κ1) is 12.8. The van der Waals surface area contributed by atoms with Crippen LogP contribution >= 0.6 is 12.2 Å². The molecule has 0 fully saturated rings. The number of likely N-dealkylation sites (N-methyl/N-ethyl adjacent to an activating group) is 1. The fourth-order valence-corrected chi connectivity index (χ4v) is 2.00. The third kappa shape index (κ3) is 2.15. The minimum Gasteiger partial charge on any atom is -0.344 e. The van der Waals surface area contributed by atoms with Gasteiger partial charge in [-0.05, 0) is 31.3 Å². The molecule has 0 saturated carbocycles. The second-order valence-corrected chi connectivity index (χ2v) is 4.44. The molecule has 18 heavy (non-hydrogen) atoms. The average molecular weight is 267 g/mol. The van der Waals surface area contributed by atoms with Crippen molar-refractivity contribution in [2.75, 3.05) is 13.6 Å². The molecule has 0 spiro atoms. The molecule has 6 heteroatoms. The van der Waals surface area contributed by atoms with Crippen LogP contribution in [0, 0.1) is 10.6 Å². The molecule has 0 bridgehead atoms. The lowest BCUT2D eigenvalue weighted by Gasteiger charge is -2.14. The van der Waals surface area contributed by atoms with E-state index in [-0.39, 0.29) is 18.3 Å². The van der Waals surface area contributed by atoms with Gasteiger partial charge in [0.05, 0.1) is 5.52 Å². The molecule has 1 amide bonds. The van der Waals surface area contributed by atoms with Crippen molar-refractivity contribution in [3.8, 4) is 0 Å². The maximum absolute atomic E-state index is 13.6. The van der Waals surface area contributed by atoms with Crippen molar-refractivity contribution in [3.63, 3.8) is 0 Å². The summed E-state index contributed by atoms with van der Waals surface area (Å²) in [4.78, 5) is 16.3. The molecule has 2 aromatic rings. The van der Waals surface area contributed by atoms with E-state index in [2.05, 4.69) is 4.98 Å². The van der Waals surface area contributed by atoms with Gasteiger partial charge in [0.1, 0.15) is 17.9 Å². The van der Waals surface area contributed by atoms with E-state index >= 15 is 0 Å². The normalized spacial score (nSPS) is 10.8. The number of nitrogens with zero attached hydrogens (tertiary/aromatic N) is 2. The number of H-pyrrole nitrogens is 1. The first-order valence-electron chi connectivity index (χ1n) is 5.65. The summed E-state index contributed by atoms with van der Waals surface area (Å²) >= 11 is 5.12. The molecule has 0 atom stereocenters. The number of rotatable bonds is 3. The third-order valence-electron chi connectivity index (χ3n) is 2.95. The summed E-state index contributed by atoms with van der Waals surface area (Å²) in [5, 5.41) is 0. The minimum absolute atomic E-state index is 0.0567. The van der Waals surface area contributed by atoms with Crippen LogP contribution in [-0.2, 0) is 11.3 Å². The summed E-state index contributed by atoms with van der Waals surface area (Å²) in [5.41, 5.74) is 0.951. The number of benzene rings is 1. The number of aromatic nitrogens is 2. The molecule has 0 aliphatic rings. The maximum Gasteiger partial charge on any atom is 0.242 e. The molecule has 0 unspecified atom stereocenters. The van der Waals surface area contributed by atoms with Crippen molar-refractivity contribution in [1.82, 2.24) is 14.5 Å². The second-order valence-electron chi connectivity index (χ2n) is 4.06. The quantitative estimate of drug-likeness (QED) is 0.867. The maximum atomic E-state index is 13.6. The van der Waals surface area contributed by atoms with E-state index in [0.717, 1.165) is 0 Å². The summed E-state index contributed by atoms with van der Waals surface area (Å²) in [6.07, 6.45) is 0. The second kappa shape index (κ2) is 4.89. The Morgan fingerprint density at radius 2 is 2.28 bits per heavy atom. The van der Waals surface area contributed by atoms with Gasteiger partial charge in [0, 0.05) is 13.6 Å². The monoisotopic (exact) mass is 267 g/mol.